The number of nitrogens with two attached hydrogens (primary N) is 1. The fourth-order valence-corrected chi connectivity index (χ4v) is 3.13. The number of nitrogens with zero attached hydrogens (tertiary/aromatic N) is 1. The second-order valence-corrected chi connectivity index (χ2v) is 5.67. The first kappa shape index (κ1) is 11.6. The van der Waals surface area contributed by atoms with E-state index >= 15 is 0 Å². The number of rotatable bonds is 3. The third-order valence-electron chi connectivity index (χ3n) is 2.84. The van der Waals surface area contributed by atoms with E-state index in [1.54, 1.807) is 0 Å². The van der Waals surface area contributed by atoms with E-state index in [0.29, 0.717) is 0 Å². The van der Waals surface area contributed by atoms with Crippen LogP contribution in [0.15, 0.2) is 12.1 Å². The smallest absolute Gasteiger partial charge is 0.149 e. The summed E-state index contributed by atoms with van der Waals surface area (Å²) in [6.45, 7) is 2.96. The molecule has 0 amide bonds. The molecule has 0 aromatic carbocycles. The molecule has 0 aliphatic carbocycles. The van der Waals surface area contributed by atoms with Crippen LogP contribution in [0.25, 0.3) is 0 Å². The molecule has 16 heavy (non-hydrogen) atoms. The average Bonchev–Trinajstić information content (AvgIpc) is 2.32. The molecule has 0 bridgehead atoms. The zero-order valence-electron chi connectivity index (χ0n) is 9.70. The van der Waals surface area contributed by atoms with Gasteiger partial charge in [-0.15, -0.1) is 0 Å². The van der Waals surface area contributed by atoms with Crippen molar-refractivity contribution in [2.75, 3.05) is 23.3 Å². The zero-order chi connectivity index (χ0) is 11.4. The molecule has 1 atom stereocenters. The van der Waals surface area contributed by atoms with E-state index in [0.717, 1.165) is 29.0 Å². The molecule has 1 unspecified atom stereocenters. The molecular weight excluding hydrogens is 218 g/mol. The van der Waals surface area contributed by atoms with Crippen LogP contribution in [0.1, 0.15) is 25.0 Å². The molecule has 88 valence electrons. The normalized spacial score (nSPS) is 20.7. The van der Waals surface area contributed by atoms with Crippen molar-refractivity contribution in [1.82, 2.24) is 4.98 Å². The number of nitrogens with one attached hydrogen (secondary N) is 1. The van der Waals surface area contributed by atoms with Crippen molar-refractivity contribution in [3.05, 3.63) is 17.8 Å². The lowest BCUT2D eigenvalue weighted by molar-refractivity contribution is 0.677. The van der Waals surface area contributed by atoms with Crippen LogP contribution in [0.2, 0.25) is 0 Å². The standard InChI is InChI=1S/C12H19N3S/c1-9-5-6-11(13)12(15-9)14-8-10-4-2-3-7-16-10/h5-6,10H,2-4,7-8,13H2,1H3,(H,14,15). The Balaban J connectivity index is 1.90. The van der Waals surface area contributed by atoms with Gasteiger partial charge in [-0.1, -0.05) is 6.42 Å². The molecule has 1 saturated heterocycles. The second-order valence-electron chi connectivity index (χ2n) is 4.26. The topological polar surface area (TPSA) is 50.9 Å². The lowest BCUT2D eigenvalue weighted by Gasteiger charge is -2.22. The van der Waals surface area contributed by atoms with Crippen LogP contribution in [0, 0.1) is 6.92 Å². The summed E-state index contributed by atoms with van der Waals surface area (Å²) >= 11 is 2.06. The molecule has 1 aromatic rings. The SMILES string of the molecule is Cc1ccc(N)c(NCC2CCCCS2)n1. The monoisotopic (exact) mass is 237 g/mol. The van der Waals surface area contributed by atoms with Gasteiger partial charge in [0.25, 0.3) is 0 Å². The summed E-state index contributed by atoms with van der Waals surface area (Å²) in [6, 6.07) is 3.86. The van der Waals surface area contributed by atoms with Gasteiger partial charge in [-0.3, -0.25) is 0 Å². The fraction of sp³-hybridized carbons (Fsp3) is 0.583. The van der Waals surface area contributed by atoms with Crippen molar-refractivity contribution in [3.63, 3.8) is 0 Å². The zero-order valence-corrected chi connectivity index (χ0v) is 10.5. The van der Waals surface area contributed by atoms with Crippen molar-refractivity contribution in [1.29, 1.82) is 0 Å². The summed E-state index contributed by atoms with van der Waals surface area (Å²) in [7, 11) is 0. The minimum absolute atomic E-state index is 0.718. The highest BCUT2D eigenvalue weighted by Gasteiger charge is 2.14. The molecule has 1 aromatic heterocycles. The molecule has 2 heterocycles. The third-order valence-corrected chi connectivity index (χ3v) is 4.24. The predicted molar refractivity (Wildman–Crippen MR) is 72.0 cm³/mol. The maximum absolute atomic E-state index is 5.87. The van der Waals surface area contributed by atoms with E-state index in [-0.39, 0.29) is 0 Å². The van der Waals surface area contributed by atoms with Crippen LogP contribution >= 0.6 is 11.8 Å². The number of nitrogen functional groups attached to an aromatic ring is 1. The van der Waals surface area contributed by atoms with Gasteiger partial charge < -0.3 is 11.1 Å². The van der Waals surface area contributed by atoms with Gasteiger partial charge in [-0.05, 0) is 37.7 Å². The largest absolute Gasteiger partial charge is 0.396 e. The van der Waals surface area contributed by atoms with E-state index < -0.39 is 0 Å². The lowest BCUT2D eigenvalue weighted by Crippen LogP contribution is -2.21. The number of hydrogen-bond donors (Lipinski definition) is 2. The Kier molecular flexibility index (Phi) is 3.93. The summed E-state index contributed by atoms with van der Waals surface area (Å²) in [5.74, 6) is 2.13. The Morgan fingerprint density at radius 3 is 3.12 bits per heavy atom. The van der Waals surface area contributed by atoms with Crippen LogP contribution in [0.3, 0.4) is 0 Å². The van der Waals surface area contributed by atoms with Crippen LogP contribution < -0.4 is 11.1 Å². The van der Waals surface area contributed by atoms with Gasteiger partial charge in [-0.2, -0.15) is 11.8 Å². The van der Waals surface area contributed by atoms with Crippen LogP contribution in [-0.2, 0) is 0 Å². The summed E-state index contributed by atoms with van der Waals surface area (Å²) in [4.78, 5) is 4.41. The van der Waals surface area contributed by atoms with E-state index in [2.05, 4.69) is 22.1 Å². The number of thioether (sulfide) groups is 1. The minimum Gasteiger partial charge on any atom is -0.396 e. The number of pyridine rings is 1. The van der Waals surface area contributed by atoms with Gasteiger partial charge in [0.1, 0.15) is 5.82 Å². The van der Waals surface area contributed by atoms with E-state index in [1.165, 1.54) is 25.0 Å². The van der Waals surface area contributed by atoms with Gasteiger partial charge in [0.05, 0.1) is 5.69 Å². The lowest BCUT2D eigenvalue weighted by atomic mass is 10.2. The summed E-state index contributed by atoms with van der Waals surface area (Å²) in [5.41, 5.74) is 7.62. The average molecular weight is 237 g/mol. The Bertz CT molecular complexity index is 348. The van der Waals surface area contributed by atoms with Crippen LogP contribution in [0.5, 0.6) is 0 Å². The molecule has 4 heteroatoms. The molecule has 1 aliphatic heterocycles. The Morgan fingerprint density at radius 2 is 2.38 bits per heavy atom. The molecule has 0 radical (unpaired) electrons. The first-order valence-corrected chi connectivity index (χ1v) is 6.89. The fourth-order valence-electron chi connectivity index (χ4n) is 1.89. The molecule has 3 N–H and O–H groups in total. The van der Waals surface area contributed by atoms with E-state index in [4.69, 9.17) is 5.73 Å². The van der Waals surface area contributed by atoms with Crippen molar-refractivity contribution < 1.29 is 0 Å². The van der Waals surface area contributed by atoms with Crippen molar-refractivity contribution in [3.8, 4) is 0 Å². The number of anilines is 2. The van der Waals surface area contributed by atoms with Crippen molar-refractivity contribution in [2.24, 2.45) is 0 Å². The molecule has 1 aliphatic rings. The minimum atomic E-state index is 0.718. The van der Waals surface area contributed by atoms with Crippen LogP contribution in [0.4, 0.5) is 11.5 Å². The summed E-state index contributed by atoms with van der Waals surface area (Å²) in [6.07, 6.45) is 4.03. The summed E-state index contributed by atoms with van der Waals surface area (Å²) in [5, 5.41) is 4.08. The highest BCUT2D eigenvalue weighted by molar-refractivity contribution is 7.99. The van der Waals surface area contributed by atoms with Crippen molar-refractivity contribution in [2.45, 2.75) is 31.4 Å². The highest BCUT2D eigenvalue weighted by Crippen LogP contribution is 2.25. The summed E-state index contributed by atoms with van der Waals surface area (Å²) < 4.78 is 0. The van der Waals surface area contributed by atoms with Crippen molar-refractivity contribution >= 4 is 23.3 Å². The second kappa shape index (κ2) is 5.43. The molecule has 0 saturated carbocycles. The number of aromatic nitrogens is 1. The molecule has 2 rings (SSSR count). The van der Waals surface area contributed by atoms with E-state index in [9.17, 15) is 0 Å². The molecule has 0 spiro atoms. The maximum atomic E-state index is 5.87. The van der Waals surface area contributed by atoms with Gasteiger partial charge in [-0.25, -0.2) is 4.98 Å². The van der Waals surface area contributed by atoms with Gasteiger partial charge in [0.2, 0.25) is 0 Å². The molecule has 3 nitrogen and oxygen atoms in total. The van der Waals surface area contributed by atoms with Crippen LogP contribution in [-0.4, -0.2) is 22.5 Å². The van der Waals surface area contributed by atoms with Gasteiger partial charge >= 0.3 is 0 Å². The van der Waals surface area contributed by atoms with Gasteiger partial charge in [0.15, 0.2) is 0 Å². The number of aryl methyl sites for hydroxylation is 1. The Morgan fingerprint density at radius 1 is 1.50 bits per heavy atom. The first-order valence-electron chi connectivity index (χ1n) is 5.84. The Labute approximate surface area is 101 Å². The van der Waals surface area contributed by atoms with E-state index in [1.807, 2.05) is 19.1 Å². The maximum Gasteiger partial charge on any atom is 0.149 e. The number of hydrogen-bond acceptors (Lipinski definition) is 4. The molecular formula is C12H19N3S. The third kappa shape index (κ3) is 3.04. The quantitative estimate of drug-likeness (QED) is 0.848. The Hall–Kier alpha value is -0.900. The molecule has 1 fully saturated rings. The van der Waals surface area contributed by atoms with Gasteiger partial charge in [0, 0.05) is 17.5 Å². The first-order chi connectivity index (χ1) is 7.75. The predicted octanol–water partition coefficient (Wildman–Crippen LogP) is 2.67. The highest BCUT2D eigenvalue weighted by atomic mass is 32.2.